The second-order valence-corrected chi connectivity index (χ2v) is 8.80. The third-order valence-corrected chi connectivity index (χ3v) is 6.33. The number of amides is 2. The molecule has 1 heterocycles. The Balaban J connectivity index is 1.81. The highest BCUT2D eigenvalue weighted by Crippen LogP contribution is 2.35. The Morgan fingerprint density at radius 3 is 2.58 bits per heavy atom. The number of amidine groups is 1. The van der Waals surface area contributed by atoms with E-state index < -0.39 is 16.1 Å². The van der Waals surface area contributed by atoms with E-state index in [1.54, 1.807) is 4.90 Å². The topological polar surface area (TPSA) is 114 Å². The molecular weight excluding hydrogens is 444 g/mol. The highest BCUT2D eigenvalue weighted by Gasteiger charge is 2.39. The van der Waals surface area contributed by atoms with E-state index in [1.165, 1.54) is 37.1 Å². The molecule has 0 saturated carbocycles. The Hall–Kier alpha value is -3.40. The Labute approximate surface area is 196 Å². The van der Waals surface area contributed by atoms with Crippen LogP contribution in [0, 0.1) is 24.0 Å². The van der Waals surface area contributed by atoms with Crippen molar-refractivity contribution in [3.8, 4) is 5.75 Å². The van der Waals surface area contributed by atoms with Gasteiger partial charge in [0.1, 0.15) is 11.0 Å². The van der Waals surface area contributed by atoms with Crippen LogP contribution < -0.4 is 10.1 Å². The molecule has 1 fully saturated rings. The van der Waals surface area contributed by atoms with Crippen LogP contribution >= 0.6 is 11.8 Å². The van der Waals surface area contributed by atoms with E-state index in [-0.39, 0.29) is 23.7 Å². The minimum atomic E-state index is -0.635. The molecule has 1 atom stereocenters. The summed E-state index contributed by atoms with van der Waals surface area (Å²) in [6.45, 7) is 6.42. The number of hydrogen-bond donors (Lipinski definition) is 1. The number of carbonyl (C=O) groups excluding carboxylic acids is 2. The standard InChI is InChI=1S/C23H26N4O5S/c1-5-11-26-22(29)19(33-23(26)25-21-14(2)7-6-8-15(21)3)13-20(28)24-17-12-16(27(30)31)9-10-18(17)32-4/h6-10,12,19H,5,11,13H2,1-4H3,(H,24,28). The number of nitro groups is 1. The number of aliphatic imine (C=N–C) groups is 1. The first-order valence-electron chi connectivity index (χ1n) is 10.5. The molecule has 0 aliphatic carbocycles. The summed E-state index contributed by atoms with van der Waals surface area (Å²) in [5.74, 6) is -0.318. The van der Waals surface area contributed by atoms with Crippen LogP contribution in [0.15, 0.2) is 41.4 Å². The van der Waals surface area contributed by atoms with E-state index in [0.717, 1.165) is 23.2 Å². The van der Waals surface area contributed by atoms with Gasteiger partial charge < -0.3 is 10.1 Å². The molecule has 0 radical (unpaired) electrons. The fourth-order valence-electron chi connectivity index (χ4n) is 3.51. The van der Waals surface area contributed by atoms with E-state index >= 15 is 0 Å². The van der Waals surface area contributed by atoms with Crippen molar-refractivity contribution in [3.63, 3.8) is 0 Å². The number of nitro benzene ring substituents is 1. The molecule has 0 spiro atoms. The zero-order valence-corrected chi connectivity index (χ0v) is 19.8. The van der Waals surface area contributed by atoms with Crippen LogP contribution in [0.4, 0.5) is 17.1 Å². The van der Waals surface area contributed by atoms with Crippen LogP contribution in [0.3, 0.4) is 0 Å². The number of hydrogen-bond acceptors (Lipinski definition) is 7. The lowest BCUT2D eigenvalue weighted by atomic mass is 10.1. The molecule has 9 nitrogen and oxygen atoms in total. The summed E-state index contributed by atoms with van der Waals surface area (Å²) in [5, 5.41) is 13.7. The fraction of sp³-hybridized carbons (Fsp3) is 0.348. The molecule has 1 aliphatic rings. The van der Waals surface area contributed by atoms with Gasteiger partial charge in [-0.1, -0.05) is 36.9 Å². The zero-order chi connectivity index (χ0) is 24.1. The predicted molar refractivity (Wildman–Crippen MR) is 129 cm³/mol. The van der Waals surface area contributed by atoms with Gasteiger partial charge in [0.25, 0.3) is 5.69 Å². The highest BCUT2D eigenvalue weighted by molar-refractivity contribution is 8.15. The highest BCUT2D eigenvalue weighted by atomic mass is 32.2. The van der Waals surface area contributed by atoms with Crippen LogP contribution in [-0.2, 0) is 9.59 Å². The molecule has 174 valence electrons. The second kappa shape index (κ2) is 10.5. The van der Waals surface area contributed by atoms with Gasteiger partial charge in [-0.05, 0) is 37.5 Å². The Morgan fingerprint density at radius 2 is 1.97 bits per heavy atom. The van der Waals surface area contributed by atoms with E-state index in [0.29, 0.717) is 17.5 Å². The lowest BCUT2D eigenvalue weighted by Crippen LogP contribution is -2.34. The summed E-state index contributed by atoms with van der Waals surface area (Å²) in [6, 6.07) is 9.84. The number of anilines is 1. The van der Waals surface area contributed by atoms with E-state index in [9.17, 15) is 19.7 Å². The van der Waals surface area contributed by atoms with Crippen molar-refractivity contribution in [1.82, 2.24) is 4.90 Å². The average Bonchev–Trinajstić information content (AvgIpc) is 3.05. The molecule has 1 saturated heterocycles. The first-order valence-corrected chi connectivity index (χ1v) is 11.4. The number of para-hydroxylation sites is 1. The molecule has 2 amide bonds. The number of nitrogens with one attached hydrogen (secondary N) is 1. The Bertz CT molecular complexity index is 1100. The number of thioether (sulfide) groups is 1. The number of ether oxygens (including phenoxy) is 1. The largest absolute Gasteiger partial charge is 0.495 e. The molecular formula is C23H26N4O5S. The summed E-state index contributed by atoms with van der Waals surface area (Å²) in [7, 11) is 1.41. The number of benzene rings is 2. The Morgan fingerprint density at radius 1 is 1.27 bits per heavy atom. The lowest BCUT2D eigenvalue weighted by Gasteiger charge is -2.16. The summed E-state index contributed by atoms with van der Waals surface area (Å²) in [4.78, 5) is 42.7. The molecule has 2 aromatic carbocycles. The third kappa shape index (κ3) is 5.51. The van der Waals surface area contributed by atoms with Gasteiger partial charge >= 0.3 is 0 Å². The van der Waals surface area contributed by atoms with Crippen LogP contribution in [0.2, 0.25) is 0 Å². The molecule has 3 rings (SSSR count). The molecule has 0 bridgehead atoms. The van der Waals surface area contributed by atoms with Crippen molar-refractivity contribution < 1.29 is 19.2 Å². The number of rotatable bonds is 8. The van der Waals surface area contributed by atoms with Gasteiger partial charge in [-0.25, -0.2) is 4.99 Å². The molecule has 1 N–H and O–H groups in total. The monoisotopic (exact) mass is 470 g/mol. The normalized spacial score (nSPS) is 16.8. The van der Waals surface area contributed by atoms with Gasteiger partial charge in [-0.3, -0.25) is 24.6 Å². The van der Waals surface area contributed by atoms with Gasteiger partial charge in [-0.2, -0.15) is 0 Å². The van der Waals surface area contributed by atoms with Crippen molar-refractivity contribution in [2.24, 2.45) is 4.99 Å². The average molecular weight is 471 g/mol. The summed E-state index contributed by atoms with van der Waals surface area (Å²) >= 11 is 1.26. The van der Waals surface area contributed by atoms with E-state index in [2.05, 4.69) is 5.32 Å². The zero-order valence-electron chi connectivity index (χ0n) is 19.0. The van der Waals surface area contributed by atoms with Crippen LogP contribution in [0.5, 0.6) is 5.75 Å². The van der Waals surface area contributed by atoms with Gasteiger partial charge in [0, 0.05) is 25.1 Å². The maximum Gasteiger partial charge on any atom is 0.271 e. The van der Waals surface area contributed by atoms with E-state index in [4.69, 9.17) is 9.73 Å². The summed E-state index contributed by atoms with van der Waals surface area (Å²) < 4.78 is 5.19. The number of aryl methyl sites for hydroxylation is 2. The van der Waals surface area contributed by atoms with Crippen LogP contribution in [0.1, 0.15) is 30.9 Å². The van der Waals surface area contributed by atoms with Gasteiger partial charge in [0.15, 0.2) is 5.17 Å². The number of nitrogens with zero attached hydrogens (tertiary/aromatic N) is 3. The number of carbonyl (C=O) groups is 2. The molecule has 1 unspecified atom stereocenters. The lowest BCUT2D eigenvalue weighted by molar-refractivity contribution is -0.384. The first kappa shape index (κ1) is 24.2. The quantitative estimate of drug-likeness (QED) is 0.446. The maximum atomic E-state index is 13.1. The van der Waals surface area contributed by atoms with Crippen LogP contribution in [-0.4, -0.2) is 45.7 Å². The van der Waals surface area contributed by atoms with Crippen molar-refractivity contribution in [2.75, 3.05) is 19.0 Å². The van der Waals surface area contributed by atoms with Gasteiger partial charge in [0.05, 0.1) is 23.4 Å². The Kier molecular flexibility index (Phi) is 7.70. The SMILES string of the molecule is CCCN1C(=O)C(CC(=O)Nc2cc([N+](=O)[O-])ccc2OC)SC1=Nc1c(C)cccc1C. The van der Waals surface area contributed by atoms with E-state index in [1.807, 2.05) is 39.0 Å². The molecule has 10 heteroatoms. The first-order chi connectivity index (χ1) is 15.7. The van der Waals surface area contributed by atoms with Crippen molar-refractivity contribution in [1.29, 1.82) is 0 Å². The number of methoxy groups -OCH3 is 1. The van der Waals surface area contributed by atoms with Crippen molar-refractivity contribution in [3.05, 3.63) is 57.6 Å². The maximum absolute atomic E-state index is 13.1. The molecule has 33 heavy (non-hydrogen) atoms. The second-order valence-electron chi connectivity index (χ2n) is 7.63. The summed E-state index contributed by atoms with van der Waals surface area (Å²) in [5.41, 5.74) is 2.84. The van der Waals surface area contributed by atoms with Crippen molar-refractivity contribution in [2.45, 2.75) is 38.9 Å². The molecule has 1 aliphatic heterocycles. The minimum Gasteiger partial charge on any atom is -0.495 e. The predicted octanol–water partition coefficient (Wildman–Crippen LogP) is 4.59. The fourth-order valence-corrected chi connectivity index (χ4v) is 4.68. The summed E-state index contributed by atoms with van der Waals surface area (Å²) in [6.07, 6.45) is 0.656. The van der Waals surface area contributed by atoms with Crippen molar-refractivity contribution >= 4 is 45.8 Å². The smallest absolute Gasteiger partial charge is 0.271 e. The van der Waals surface area contributed by atoms with Crippen LogP contribution in [0.25, 0.3) is 0 Å². The molecule has 2 aromatic rings. The number of non-ortho nitro benzene ring substituents is 1. The molecule has 0 aromatic heterocycles. The van der Waals surface area contributed by atoms with Gasteiger partial charge in [0.2, 0.25) is 11.8 Å². The van der Waals surface area contributed by atoms with Gasteiger partial charge in [-0.15, -0.1) is 0 Å². The minimum absolute atomic E-state index is 0.0959. The third-order valence-electron chi connectivity index (χ3n) is 5.15.